The molecule has 0 spiro atoms. The van der Waals surface area contributed by atoms with E-state index in [1.807, 2.05) is 0 Å². The third-order valence-electron chi connectivity index (χ3n) is 3.42. The number of nitrogens with zero attached hydrogens (tertiary/aromatic N) is 1. The number of hydrogen-bond acceptors (Lipinski definition) is 2. The SMILES string of the molecule is CCCCCC(C)(C)CN1CCC(N)C1. The van der Waals surface area contributed by atoms with Crippen LogP contribution in [0.1, 0.15) is 52.9 Å². The normalized spacial score (nSPS) is 23.6. The Morgan fingerprint density at radius 2 is 2.07 bits per heavy atom. The second-order valence-electron chi connectivity index (χ2n) is 5.91. The predicted octanol–water partition coefficient (Wildman–Crippen LogP) is 2.63. The minimum absolute atomic E-state index is 0.427. The van der Waals surface area contributed by atoms with Gasteiger partial charge in [0.25, 0.3) is 0 Å². The van der Waals surface area contributed by atoms with E-state index in [0.29, 0.717) is 11.5 Å². The van der Waals surface area contributed by atoms with E-state index in [1.54, 1.807) is 0 Å². The Hall–Kier alpha value is -0.0800. The van der Waals surface area contributed by atoms with Crippen molar-refractivity contribution in [3.05, 3.63) is 0 Å². The largest absolute Gasteiger partial charge is 0.326 e. The van der Waals surface area contributed by atoms with E-state index >= 15 is 0 Å². The van der Waals surface area contributed by atoms with Gasteiger partial charge in [-0.15, -0.1) is 0 Å². The molecule has 0 radical (unpaired) electrons. The van der Waals surface area contributed by atoms with Gasteiger partial charge in [-0.25, -0.2) is 0 Å². The fraction of sp³-hybridized carbons (Fsp3) is 1.00. The van der Waals surface area contributed by atoms with Gasteiger partial charge in [-0.3, -0.25) is 0 Å². The summed E-state index contributed by atoms with van der Waals surface area (Å²) in [5.41, 5.74) is 6.40. The van der Waals surface area contributed by atoms with Crippen molar-refractivity contribution in [2.75, 3.05) is 19.6 Å². The molecule has 1 aliphatic rings. The minimum atomic E-state index is 0.427. The van der Waals surface area contributed by atoms with E-state index in [0.717, 1.165) is 6.54 Å². The first-order chi connectivity index (χ1) is 7.03. The van der Waals surface area contributed by atoms with Gasteiger partial charge in [0.1, 0.15) is 0 Å². The molecule has 1 unspecified atom stereocenters. The maximum atomic E-state index is 5.92. The second-order valence-corrected chi connectivity index (χ2v) is 5.91. The summed E-state index contributed by atoms with van der Waals surface area (Å²) in [5.74, 6) is 0. The molecule has 0 saturated carbocycles. The monoisotopic (exact) mass is 212 g/mol. The first-order valence-corrected chi connectivity index (χ1v) is 6.51. The van der Waals surface area contributed by atoms with Crippen LogP contribution < -0.4 is 5.73 Å². The molecule has 0 aliphatic carbocycles. The van der Waals surface area contributed by atoms with Crippen molar-refractivity contribution in [1.82, 2.24) is 4.90 Å². The van der Waals surface area contributed by atoms with Crippen LogP contribution in [0.4, 0.5) is 0 Å². The Balaban J connectivity index is 2.22. The van der Waals surface area contributed by atoms with E-state index in [4.69, 9.17) is 5.73 Å². The van der Waals surface area contributed by atoms with Crippen molar-refractivity contribution in [3.8, 4) is 0 Å². The highest BCUT2D eigenvalue weighted by molar-refractivity contribution is 4.82. The number of hydrogen-bond donors (Lipinski definition) is 1. The fourth-order valence-electron chi connectivity index (χ4n) is 2.54. The minimum Gasteiger partial charge on any atom is -0.326 e. The van der Waals surface area contributed by atoms with E-state index in [1.165, 1.54) is 45.2 Å². The van der Waals surface area contributed by atoms with Crippen LogP contribution in [-0.2, 0) is 0 Å². The van der Waals surface area contributed by atoms with Crippen LogP contribution in [0.15, 0.2) is 0 Å². The highest BCUT2D eigenvalue weighted by Crippen LogP contribution is 2.26. The first kappa shape index (κ1) is 13.0. The molecule has 0 bridgehead atoms. The molecule has 0 aromatic rings. The topological polar surface area (TPSA) is 29.3 Å². The summed E-state index contributed by atoms with van der Waals surface area (Å²) in [5, 5.41) is 0. The predicted molar refractivity (Wildman–Crippen MR) is 67.0 cm³/mol. The van der Waals surface area contributed by atoms with Gasteiger partial charge < -0.3 is 10.6 Å². The molecule has 1 heterocycles. The molecule has 1 rings (SSSR count). The lowest BCUT2D eigenvalue weighted by atomic mass is 9.86. The quantitative estimate of drug-likeness (QED) is 0.686. The molecule has 0 amide bonds. The lowest BCUT2D eigenvalue weighted by Gasteiger charge is -2.30. The summed E-state index contributed by atoms with van der Waals surface area (Å²) < 4.78 is 0. The molecule has 1 atom stereocenters. The van der Waals surface area contributed by atoms with Gasteiger partial charge in [-0.1, -0.05) is 40.0 Å². The average Bonchev–Trinajstić information content (AvgIpc) is 2.50. The van der Waals surface area contributed by atoms with Gasteiger partial charge in [0.2, 0.25) is 0 Å². The Labute approximate surface area is 95.2 Å². The lowest BCUT2D eigenvalue weighted by molar-refractivity contribution is 0.192. The third kappa shape index (κ3) is 4.98. The number of rotatable bonds is 6. The van der Waals surface area contributed by atoms with E-state index in [-0.39, 0.29) is 0 Å². The highest BCUT2D eigenvalue weighted by Gasteiger charge is 2.25. The Kier molecular flexibility index (Phi) is 5.07. The van der Waals surface area contributed by atoms with Gasteiger partial charge >= 0.3 is 0 Å². The van der Waals surface area contributed by atoms with Crippen molar-refractivity contribution < 1.29 is 0 Å². The zero-order valence-corrected chi connectivity index (χ0v) is 10.8. The van der Waals surface area contributed by atoms with Crippen molar-refractivity contribution in [2.45, 2.75) is 58.9 Å². The third-order valence-corrected chi connectivity index (χ3v) is 3.42. The van der Waals surface area contributed by atoms with Crippen LogP contribution in [0.3, 0.4) is 0 Å². The van der Waals surface area contributed by atoms with Gasteiger partial charge in [-0.2, -0.15) is 0 Å². The van der Waals surface area contributed by atoms with E-state index < -0.39 is 0 Å². The van der Waals surface area contributed by atoms with Crippen LogP contribution in [0, 0.1) is 5.41 Å². The molecule has 90 valence electrons. The van der Waals surface area contributed by atoms with Crippen LogP contribution in [-0.4, -0.2) is 30.6 Å². The smallest absolute Gasteiger partial charge is 0.0180 e. The molecule has 0 aromatic carbocycles. The van der Waals surface area contributed by atoms with Crippen molar-refractivity contribution in [2.24, 2.45) is 11.1 Å². The van der Waals surface area contributed by atoms with Gasteiger partial charge in [0.15, 0.2) is 0 Å². The van der Waals surface area contributed by atoms with Crippen molar-refractivity contribution in [1.29, 1.82) is 0 Å². The summed E-state index contributed by atoms with van der Waals surface area (Å²) in [4.78, 5) is 2.54. The summed E-state index contributed by atoms with van der Waals surface area (Å²) in [6, 6.07) is 0.427. The lowest BCUT2D eigenvalue weighted by Crippen LogP contribution is -2.34. The molecule has 1 aliphatic heterocycles. The molecular formula is C13H28N2. The summed E-state index contributed by atoms with van der Waals surface area (Å²) >= 11 is 0. The van der Waals surface area contributed by atoms with Gasteiger partial charge in [0, 0.05) is 19.1 Å². The van der Waals surface area contributed by atoms with Gasteiger partial charge in [-0.05, 0) is 24.8 Å². The number of likely N-dealkylation sites (tertiary alicyclic amines) is 1. The molecule has 1 fully saturated rings. The molecule has 0 aromatic heterocycles. The Bertz CT molecular complexity index is 177. The van der Waals surface area contributed by atoms with E-state index in [2.05, 4.69) is 25.7 Å². The Morgan fingerprint density at radius 1 is 1.33 bits per heavy atom. The van der Waals surface area contributed by atoms with Crippen molar-refractivity contribution in [3.63, 3.8) is 0 Å². The maximum absolute atomic E-state index is 5.92. The zero-order valence-electron chi connectivity index (χ0n) is 10.8. The molecule has 1 saturated heterocycles. The summed E-state index contributed by atoms with van der Waals surface area (Å²) in [7, 11) is 0. The molecular weight excluding hydrogens is 184 g/mol. The average molecular weight is 212 g/mol. The Morgan fingerprint density at radius 3 is 2.60 bits per heavy atom. The standard InChI is InChI=1S/C13H28N2/c1-4-5-6-8-13(2,3)11-15-9-7-12(14)10-15/h12H,4-11,14H2,1-3H3. The van der Waals surface area contributed by atoms with Crippen LogP contribution in [0.25, 0.3) is 0 Å². The highest BCUT2D eigenvalue weighted by atomic mass is 15.2. The molecule has 2 N–H and O–H groups in total. The van der Waals surface area contributed by atoms with Crippen LogP contribution in [0.5, 0.6) is 0 Å². The van der Waals surface area contributed by atoms with Crippen molar-refractivity contribution >= 4 is 0 Å². The number of unbranched alkanes of at least 4 members (excludes halogenated alkanes) is 2. The molecule has 2 nitrogen and oxygen atoms in total. The maximum Gasteiger partial charge on any atom is 0.0180 e. The summed E-state index contributed by atoms with van der Waals surface area (Å²) in [6.07, 6.45) is 6.62. The fourth-order valence-corrected chi connectivity index (χ4v) is 2.54. The van der Waals surface area contributed by atoms with Crippen LogP contribution >= 0.6 is 0 Å². The van der Waals surface area contributed by atoms with Gasteiger partial charge in [0.05, 0.1) is 0 Å². The summed E-state index contributed by atoms with van der Waals surface area (Å²) in [6.45, 7) is 10.6. The first-order valence-electron chi connectivity index (χ1n) is 6.51. The molecule has 15 heavy (non-hydrogen) atoms. The zero-order chi connectivity index (χ0) is 11.3. The van der Waals surface area contributed by atoms with E-state index in [9.17, 15) is 0 Å². The van der Waals surface area contributed by atoms with Crippen LogP contribution in [0.2, 0.25) is 0 Å². The second kappa shape index (κ2) is 5.86. The molecule has 2 heteroatoms. The number of nitrogens with two attached hydrogens (primary N) is 1.